The van der Waals surface area contributed by atoms with E-state index in [0.717, 1.165) is 5.56 Å². The summed E-state index contributed by atoms with van der Waals surface area (Å²) in [5.41, 5.74) is 8.38. The van der Waals surface area contributed by atoms with Gasteiger partial charge in [-0.2, -0.15) is 0 Å². The number of hydrogen-bond donors (Lipinski definition) is 3. The van der Waals surface area contributed by atoms with E-state index in [4.69, 9.17) is 5.73 Å². The number of benzene rings is 1. The van der Waals surface area contributed by atoms with E-state index in [1.165, 1.54) is 0 Å². The molecule has 0 aliphatic rings. The fraction of sp³-hybridized carbons (Fsp3) is 0.278. The van der Waals surface area contributed by atoms with Crippen LogP contribution in [0.4, 0.5) is 11.4 Å². The van der Waals surface area contributed by atoms with Crippen LogP contribution >= 0.6 is 0 Å². The fourth-order valence-electron chi connectivity index (χ4n) is 2.11. The fourth-order valence-corrected chi connectivity index (χ4v) is 2.11. The van der Waals surface area contributed by atoms with Crippen LogP contribution in [0.25, 0.3) is 0 Å². The van der Waals surface area contributed by atoms with Crippen molar-refractivity contribution in [1.82, 2.24) is 4.98 Å². The van der Waals surface area contributed by atoms with Crippen LogP contribution in [0.15, 0.2) is 42.7 Å². The number of hydrogen-bond acceptors (Lipinski definition) is 4. The molecular weight excluding hydrogens is 304 g/mol. The highest BCUT2D eigenvalue weighted by Crippen LogP contribution is 2.21. The zero-order chi connectivity index (χ0) is 17.5. The number of nitrogens with two attached hydrogens (primary N) is 1. The number of aromatic nitrogens is 1. The third kappa shape index (κ3) is 5.17. The Kier molecular flexibility index (Phi) is 6.03. The van der Waals surface area contributed by atoms with Crippen molar-refractivity contribution in [3.05, 3.63) is 53.9 Å². The first-order valence-corrected chi connectivity index (χ1v) is 7.83. The van der Waals surface area contributed by atoms with Crippen molar-refractivity contribution in [3.63, 3.8) is 0 Å². The van der Waals surface area contributed by atoms with Gasteiger partial charge in [0, 0.05) is 41.8 Å². The maximum atomic E-state index is 12.2. The van der Waals surface area contributed by atoms with Crippen LogP contribution in [-0.4, -0.2) is 22.8 Å². The Hall–Kier alpha value is -2.73. The Bertz CT molecular complexity index is 714. The molecule has 2 amide bonds. The third-order valence-electron chi connectivity index (χ3n) is 3.54. The van der Waals surface area contributed by atoms with Crippen LogP contribution in [0.2, 0.25) is 0 Å². The van der Waals surface area contributed by atoms with Crippen LogP contribution in [0, 0.1) is 6.92 Å². The van der Waals surface area contributed by atoms with Gasteiger partial charge in [0.05, 0.1) is 0 Å². The Morgan fingerprint density at radius 3 is 2.54 bits per heavy atom. The van der Waals surface area contributed by atoms with Crippen molar-refractivity contribution in [2.45, 2.75) is 32.7 Å². The zero-order valence-corrected chi connectivity index (χ0v) is 13.9. The highest BCUT2D eigenvalue weighted by Gasteiger charge is 2.10. The molecule has 0 aliphatic carbocycles. The van der Waals surface area contributed by atoms with Gasteiger partial charge >= 0.3 is 0 Å². The summed E-state index contributed by atoms with van der Waals surface area (Å²) in [5, 5.41) is 5.67. The van der Waals surface area contributed by atoms with Crippen LogP contribution in [0.1, 0.15) is 35.7 Å². The standard InChI is InChI=1S/C18H22N4O2/c1-12-3-5-15(21-17(23)6-4-13(2)19)11-16(12)22-18(24)14-7-9-20-10-8-14/h3,5,7-11,13H,4,6,19H2,1-2H3,(H,21,23)(H,22,24). The normalized spacial score (nSPS) is 11.6. The molecule has 0 fully saturated rings. The topological polar surface area (TPSA) is 97.1 Å². The number of carbonyl (C=O) groups excluding carboxylic acids is 2. The zero-order valence-electron chi connectivity index (χ0n) is 13.9. The smallest absolute Gasteiger partial charge is 0.255 e. The van der Waals surface area contributed by atoms with E-state index in [2.05, 4.69) is 15.6 Å². The maximum absolute atomic E-state index is 12.2. The van der Waals surface area contributed by atoms with Crippen LogP contribution < -0.4 is 16.4 Å². The Morgan fingerprint density at radius 1 is 1.17 bits per heavy atom. The molecule has 0 aliphatic heterocycles. The van der Waals surface area contributed by atoms with E-state index < -0.39 is 0 Å². The first-order valence-electron chi connectivity index (χ1n) is 7.83. The van der Waals surface area contributed by atoms with E-state index in [0.29, 0.717) is 29.8 Å². The molecule has 0 saturated heterocycles. The van der Waals surface area contributed by atoms with Gasteiger partial charge in [0.15, 0.2) is 0 Å². The van der Waals surface area contributed by atoms with Crippen molar-refractivity contribution in [3.8, 4) is 0 Å². The van der Waals surface area contributed by atoms with E-state index >= 15 is 0 Å². The maximum Gasteiger partial charge on any atom is 0.255 e. The molecule has 0 bridgehead atoms. The number of nitrogens with one attached hydrogen (secondary N) is 2. The van der Waals surface area contributed by atoms with Gasteiger partial charge in [0.1, 0.15) is 0 Å². The lowest BCUT2D eigenvalue weighted by molar-refractivity contribution is -0.116. The number of amides is 2. The highest BCUT2D eigenvalue weighted by atomic mass is 16.2. The van der Waals surface area contributed by atoms with Gasteiger partial charge in [-0.3, -0.25) is 14.6 Å². The molecule has 126 valence electrons. The Balaban J connectivity index is 2.05. The summed E-state index contributed by atoms with van der Waals surface area (Å²) < 4.78 is 0. The first-order chi connectivity index (χ1) is 11.5. The number of pyridine rings is 1. The number of aryl methyl sites for hydroxylation is 1. The number of rotatable bonds is 6. The average molecular weight is 326 g/mol. The molecule has 1 unspecified atom stereocenters. The third-order valence-corrected chi connectivity index (χ3v) is 3.54. The quantitative estimate of drug-likeness (QED) is 0.760. The van der Waals surface area contributed by atoms with Crippen LogP contribution in [0.5, 0.6) is 0 Å². The molecule has 2 rings (SSSR count). The van der Waals surface area contributed by atoms with Crippen molar-refractivity contribution in [1.29, 1.82) is 0 Å². The molecule has 6 heteroatoms. The molecule has 2 aromatic rings. The van der Waals surface area contributed by atoms with Gasteiger partial charge < -0.3 is 16.4 Å². The molecule has 4 N–H and O–H groups in total. The summed E-state index contributed by atoms with van der Waals surface area (Å²) in [5.74, 6) is -0.316. The number of carbonyl (C=O) groups is 2. The number of anilines is 2. The lowest BCUT2D eigenvalue weighted by atomic mass is 10.1. The summed E-state index contributed by atoms with van der Waals surface area (Å²) in [6, 6.07) is 8.68. The molecule has 1 aromatic heterocycles. The second-order valence-electron chi connectivity index (χ2n) is 5.78. The molecule has 6 nitrogen and oxygen atoms in total. The van der Waals surface area contributed by atoms with E-state index in [-0.39, 0.29) is 17.9 Å². The van der Waals surface area contributed by atoms with Crippen molar-refractivity contribution in [2.24, 2.45) is 5.73 Å². The second kappa shape index (κ2) is 8.21. The predicted octanol–water partition coefficient (Wildman–Crippen LogP) is 2.71. The Labute approximate surface area is 141 Å². The first kappa shape index (κ1) is 17.6. The molecule has 24 heavy (non-hydrogen) atoms. The summed E-state index contributed by atoms with van der Waals surface area (Å²) in [7, 11) is 0. The molecule has 1 aromatic carbocycles. The lowest BCUT2D eigenvalue weighted by Crippen LogP contribution is -2.19. The van der Waals surface area contributed by atoms with Gasteiger partial charge in [-0.25, -0.2) is 0 Å². The number of nitrogens with zero attached hydrogens (tertiary/aromatic N) is 1. The minimum Gasteiger partial charge on any atom is -0.328 e. The highest BCUT2D eigenvalue weighted by molar-refractivity contribution is 6.05. The van der Waals surface area contributed by atoms with Gasteiger partial charge in [-0.1, -0.05) is 6.07 Å². The molecule has 0 saturated carbocycles. The molecule has 1 heterocycles. The van der Waals surface area contributed by atoms with Gasteiger partial charge in [0.25, 0.3) is 5.91 Å². The largest absolute Gasteiger partial charge is 0.328 e. The van der Waals surface area contributed by atoms with Gasteiger partial charge in [-0.05, 0) is 50.1 Å². The summed E-state index contributed by atoms with van der Waals surface area (Å²) in [4.78, 5) is 28.0. The van der Waals surface area contributed by atoms with Crippen molar-refractivity contribution >= 4 is 23.2 Å². The minimum atomic E-state index is -0.221. The minimum absolute atomic E-state index is 0.0102. The predicted molar refractivity (Wildman–Crippen MR) is 94.9 cm³/mol. The van der Waals surface area contributed by atoms with E-state index in [9.17, 15) is 9.59 Å². The van der Waals surface area contributed by atoms with Crippen LogP contribution in [-0.2, 0) is 4.79 Å². The lowest BCUT2D eigenvalue weighted by Gasteiger charge is -2.12. The molecular formula is C18H22N4O2. The summed E-state index contributed by atoms with van der Waals surface area (Å²) in [6.45, 7) is 3.76. The second-order valence-corrected chi connectivity index (χ2v) is 5.78. The Morgan fingerprint density at radius 2 is 1.88 bits per heavy atom. The van der Waals surface area contributed by atoms with Crippen molar-refractivity contribution in [2.75, 3.05) is 10.6 Å². The monoisotopic (exact) mass is 326 g/mol. The SMILES string of the molecule is Cc1ccc(NC(=O)CCC(C)N)cc1NC(=O)c1ccncc1. The van der Waals surface area contributed by atoms with E-state index in [1.807, 2.05) is 19.9 Å². The van der Waals surface area contributed by atoms with Crippen LogP contribution in [0.3, 0.4) is 0 Å². The van der Waals surface area contributed by atoms with Gasteiger partial charge in [0.2, 0.25) is 5.91 Å². The van der Waals surface area contributed by atoms with Crippen molar-refractivity contribution < 1.29 is 9.59 Å². The van der Waals surface area contributed by atoms with E-state index in [1.54, 1.807) is 36.7 Å². The molecule has 0 spiro atoms. The molecule has 1 atom stereocenters. The average Bonchev–Trinajstić information content (AvgIpc) is 2.57. The molecule has 0 radical (unpaired) electrons. The summed E-state index contributed by atoms with van der Waals surface area (Å²) in [6.07, 6.45) is 4.13. The van der Waals surface area contributed by atoms with Gasteiger partial charge in [-0.15, -0.1) is 0 Å². The summed E-state index contributed by atoms with van der Waals surface area (Å²) >= 11 is 0.